The number of benzene rings is 3. The lowest BCUT2D eigenvalue weighted by molar-refractivity contribution is -0.119. The molecule has 0 radical (unpaired) electrons. The van der Waals surface area contributed by atoms with Gasteiger partial charge in [0, 0.05) is 16.6 Å². The van der Waals surface area contributed by atoms with E-state index in [0.717, 1.165) is 21.9 Å². The fourth-order valence-electron chi connectivity index (χ4n) is 3.35. The fourth-order valence-corrected chi connectivity index (χ4v) is 5.12. The minimum Gasteiger partial charge on any atom is -0.355 e. The molecule has 0 heterocycles. The third-order valence-corrected chi connectivity index (χ3v) is 7.47. The largest absolute Gasteiger partial charge is 0.355 e. The number of anilines is 1. The van der Waals surface area contributed by atoms with E-state index in [-0.39, 0.29) is 17.3 Å². The van der Waals surface area contributed by atoms with Gasteiger partial charge in [0.1, 0.15) is 6.54 Å². The van der Waals surface area contributed by atoms with Crippen LogP contribution in [0.2, 0.25) is 10.0 Å². The summed E-state index contributed by atoms with van der Waals surface area (Å²) in [5.41, 5.74) is 3.13. The number of nitrogens with one attached hydrogen (secondary N) is 1. The van der Waals surface area contributed by atoms with Crippen molar-refractivity contribution in [3.05, 3.63) is 93.5 Å². The maximum Gasteiger partial charge on any atom is 0.264 e. The van der Waals surface area contributed by atoms with Crippen LogP contribution in [0.5, 0.6) is 0 Å². The average Bonchev–Trinajstić information content (AvgIpc) is 2.78. The Labute approximate surface area is 205 Å². The van der Waals surface area contributed by atoms with Crippen molar-refractivity contribution in [2.24, 2.45) is 0 Å². The summed E-state index contributed by atoms with van der Waals surface area (Å²) < 4.78 is 28.1. The molecule has 8 heteroatoms. The molecule has 3 aromatic carbocycles. The zero-order chi connectivity index (χ0) is 24.0. The Morgan fingerprint density at radius 3 is 2.21 bits per heavy atom. The van der Waals surface area contributed by atoms with Crippen molar-refractivity contribution in [3.63, 3.8) is 0 Å². The molecule has 0 unspecified atom stereocenters. The smallest absolute Gasteiger partial charge is 0.264 e. The molecular weight excluding hydrogens is 479 g/mol. The van der Waals surface area contributed by atoms with E-state index in [1.165, 1.54) is 0 Å². The number of nitrogens with zero attached hydrogens (tertiary/aromatic N) is 1. The third-order valence-electron chi connectivity index (χ3n) is 5.21. The number of sulfonamides is 1. The maximum absolute atomic E-state index is 13.5. The Bertz CT molecular complexity index is 1210. The van der Waals surface area contributed by atoms with E-state index in [2.05, 4.69) is 5.32 Å². The Kier molecular flexibility index (Phi) is 8.40. The number of amides is 1. The zero-order valence-electron chi connectivity index (χ0n) is 18.5. The van der Waals surface area contributed by atoms with Crippen LogP contribution in [0.25, 0.3) is 0 Å². The van der Waals surface area contributed by atoms with Crippen LogP contribution >= 0.6 is 23.2 Å². The van der Waals surface area contributed by atoms with Crippen LogP contribution < -0.4 is 9.62 Å². The Balaban J connectivity index is 1.75. The SMILES string of the molecule is Cc1ccc(S(=O)(=O)N(CC(=O)NCCCc2ccc(Cl)cc2)c2cc(Cl)ccc2C)cc1. The van der Waals surface area contributed by atoms with E-state index in [9.17, 15) is 13.2 Å². The van der Waals surface area contributed by atoms with Crippen LogP contribution in [0, 0.1) is 13.8 Å². The molecule has 0 aliphatic rings. The second-order valence-corrected chi connectivity index (χ2v) is 10.6. The van der Waals surface area contributed by atoms with Crippen LogP contribution in [-0.4, -0.2) is 27.4 Å². The predicted octanol–water partition coefficient (Wildman–Crippen LogP) is 5.55. The summed E-state index contributed by atoms with van der Waals surface area (Å²) in [5.74, 6) is -0.388. The summed E-state index contributed by atoms with van der Waals surface area (Å²) >= 11 is 12.1. The first-order chi connectivity index (χ1) is 15.7. The highest BCUT2D eigenvalue weighted by atomic mass is 35.5. The van der Waals surface area contributed by atoms with E-state index in [1.807, 2.05) is 31.2 Å². The molecule has 0 saturated carbocycles. The van der Waals surface area contributed by atoms with Crippen LogP contribution in [0.15, 0.2) is 71.6 Å². The van der Waals surface area contributed by atoms with Crippen molar-refractivity contribution in [1.82, 2.24) is 5.32 Å². The van der Waals surface area contributed by atoms with Crippen LogP contribution in [0.1, 0.15) is 23.1 Å². The third kappa shape index (κ3) is 6.73. The summed E-state index contributed by atoms with van der Waals surface area (Å²) in [4.78, 5) is 12.9. The van der Waals surface area contributed by atoms with Crippen molar-refractivity contribution >= 4 is 44.8 Å². The van der Waals surface area contributed by atoms with Gasteiger partial charge in [-0.3, -0.25) is 9.10 Å². The quantitative estimate of drug-likeness (QED) is 0.388. The highest BCUT2D eigenvalue weighted by molar-refractivity contribution is 7.92. The fraction of sp³-hybridized carbons (Fsp3) is 0.240. The highest BCUT2D eigenvalue weighted by Gasteiger charge is 2.28. The molecule has 33 heavy (non-hydrogen) atoms. The lowest BCUT2D eigenvalue weighted by Crippen LogP contribution is -2.41. The molecule has 0 saturated heterocycles. The van der Waals surface area contributed by atoms with Crippen molar-refractivity contribution < 1.29 is 13.2 Å². The Morgan fingerprint density at radius 1 is 0.909 bits per heavy atom. The van der Waals surface area contributed by atoms with Gasteiger partial charge in [-0.1, -0.05) is 59.1 Å². The molecule has 3 aromatic rings. The topological polar surface area (TPSA) is 66.5 Å². The second-order valence-electron chi connectivity index (χ2n) is 7.84. The van der Waals surface area contributed by atoms with Crippen LogP contribution in [-0.2, 0) is 21.2 Å². The molecule has 0 aliphatic carbocycles. The summed E-state index contributed by atoms with van der Waals surface area (Å²) in [6.45, 7) is 3.74. The molecule has 1 N–H and O–H groups in total. The molecule has 0 spiro atoms. The van der Waals surface area contributed by atoms with Gasteiger partial charge in [-0.15, -0.1) is 0 Å². The molecule has 1 amide bonds. The normalized spacial score (nSPS) is 11.3. The summed E-state index contributed by atoms with van der Waals surface area (Å²) in [6.07, 6.45) is 1.49. The van der Waals surface area contributed by atoms with Gasteiger partial charge in [0.15, 0.2) is 0 Å². The summed E-state index contributed by atoms with van der Waals surface area (Å²) in [7, 11) is -3.98. The predicted molar refractivity (Wildman–Crippen MR) is 135 cm³/mol. The number of aryl methyl sites for hydroxylation is 3. The molecule has 3 rings (SSSR count). The second kappa shape index (κ2) is 11.1. The Hall–Kier alpha value is -2.54. The molecule has 174 valence electrons. The van der Waals surface area contributed by atoms with E-state index < -0.39 is 10.0 Å². The zero-order valence-corrected chi connectivity index (χ0v) is 20.8. The van der Waals surface area contributed by atoms with E-state index in [1.54, 1.807) is 49.4 Å². The lowest BCUT2D eigenvalue weighted by atomic mass is 10.1. The van der Waals surface area contributed by atoms with Crippen molar-refractivity contribution in [2.45, 2.75) is 31.6 Å². The monoisotopic (exact) mass is 504 g/mol. The number of carbonyl (C=O) groups is 1. The van der Waals surface area contributed by atoms with Gasteiger partial charge in [0.2, 0.25) is 5.91 Å². The van der Waals surface area contributed by atoms with Gasteiger partial charge in [0.05, 0.1) is 10.6 Å². The lowest BCUT2D eigenvalue weighted by Gasteiger charge is -2.26. The van der Waals surface area contributed by atoms with Crippen LogP contribution in [0.3, 0.4) is 0 Å². The van der Waals surface area contributed by atoms with Crippen LogP contribution in [0.4, 0.5) is 5.69 Å². The summed E-state index contributed by atoms with van der Waals surface area (Å²) in [5, 5.41) is 3.90. The average molecular weight is 505 g/mol. The first-order valence-electron chi connectivity index (χ1n) is 10.5. The molecule has 0 bridgehead atoms. The number of hydrogen-bond donors (Lipinski definition) is 1. The van der Waals surface area contributed by atoms with Crippen molar-refractivity contribution in [2.75, 3.05) is 17.4 Å². The Morgan fingerprint density at radius 2 is 1.55 bits per heavy atom. The molecule has 5 nitrogen and oxygen atoms in total. The van der Waals surface area contributed by atoms with E-state index >= 15 is 0 Å². The van der Waals surface area contributed by atoms with Gasteiger partial charge in [-0.2, -0.15) is 0 Å². The van der Waals surface area contributed by atoms with Crippen molar-refractivity contribution in [3.8, 4) is 0 Å². The van der Waals surface area contributed by atoms with Gasteiger partial charge in [-0.25, -0.2) is 8.42 Å². The highest BCUT2D eigenvalue weighted by Crippen LogP contribution is 2.29. The first-order valence-corrected chi connectivity index (χ1v) is 12.7. The van der Waals surface area contributed by atoms with Crippen molar-refractivity contribution in [1.29, 1.82) is 0 Å². The minimum atomic E-state index is -3.98. The summed E-state index contributed by atoms with van der Waals surface area (Å²) in [6, 6.07) is 19.1. The van der Waals surface area contributed by atoms with Gasteiger partial charge >= 0.3 is 0 Å². The van der Waals surface area contributed by atoms with Gasteiger partial charge in [-0.05, 0) is 74.2 Å². The van der Waals surface area contributed by atoms with Gasteiger partial charge in [0.25, 0.3) is 10.0 Å². The minimum absolute atomic E-state index is 0.114. The van der Waals surface area contributed by atoms with E-state index in [0.29, 0.717) is 34.3 Å². The standard InChI is InChI=1S/C25H26Cl2N2O3S/c1-18-5-13-23(14-6-18)33(31,32)29(24-16-22(27)10-7-19(24)2)17-25(30)28-15-3-4-20-8-11-21(26)12-9-20/h5-14,16H,3-4,15,17H2,1-2H3,(H,28,30). The first kappa shape index (κ1) is 25.1. The number of hydrogen-bond acceptors (Lipinski definition) is 3. The number of rotatable bonds is 9. The number of carbonyl (C=O) groups excluding carboxylic acids is 1. The molecule has 0 aliphatic heterocycles. The van der Waals surface area contributed by atoms with E-state index in [4.69, 9.17) is 23.2 Å². The van der Waals surface area contributed by atoms with Gasteiger partial charge < -0.3 is 5.32 Å². The number of halogens is 2. The maximum atomic E-state index is 13.5. The molecule has 0 fully saturated rings. The molecule has 0 atom stereocenters. The molecular formula is C25H26Cl2N2O3S. The molecule has 0 aromatic heterocycles.